The smallest absolute Gasteiger partial charge is 0.416 e. The Labute approximate surface area is 154 Å². The van der Waals surface area contributed by atoms with Gasteiger partial charge in [-0.15, -0.1) is 0 Å². The molecule has 0 atom stereocenters. The second-order valence-electron chi connectivity index (χ2n) is 5.26. The number of aromatic nitrogens is 1. The lowest BCUT2D eigenvalue weighted by molar-refractivity contribution is -0.137. The number of alkyl halides is 3. The molecule has 1 N–H and O–H groups in total. The average molecular weight is 460 g/mol. The van der Waals surface area contributed by atoms with Crippen LogP contribution in [-0.2, 0) is 12.6 Å². The third-order valence-corrected chi connectivity index (χ3v) is 4.47. The van der Waals surface area contributed by atoms with Gasteiger partial charge in [0.15, 0.2) is 11.5 Å². The summed E-state index contributed by atoms with van der Waals surface area (Å²) in [6, 6.07) is 7.58. The molecule has 3 rings (SSSR count). The van der Waals surface area contributed by atoms with Gasteiger partial charge in [0.2, 0.25) is 0 Å². The summed E-state index contributed by atoms with van der Waals surface area (Å²) in [6.45, 7) is 1.90. The Morgan fingerprint density at radius 1 is 1.20 bits per heavy atom. The van der Waals surface area contributed by atoms with E-state index >= 15 is 0 Å². The molecule has 0 aliphatic rings. The number of oxazole rings is 1. The summed E-state index contributed by atoms with van der Waals surface area (Å²) >= 11 is 2.05. The number of nitrogens with one attached hydrogen (secondary N) is 1. The van der Waals surface area contributed by atoms with Crippen molar-refractivity contribution in [2.45, 2.75) is 19.5 Å². The molecule has 0 bridgehead atoms. The minimum Gasteiger partial charge on any atom is -0.441 e. The highest BCUT2D eigenvalue weighted by atomic mass is 127. The normalized spacial score (nSPS) is 11.7. The average Bonchev–Trinajstić information content (AvgIpc) is 3.00. The van der Waals surface area contributed by atoms with Crippen LogP contribution in [-0.4, -0.2) is 10.9 Å². The molecule has 1 aromatic heterocycles. The van der Waals surface area contributed by atoms with Crippen molar-refractivity contribution >= 4 is 45.3 Å². The van der Waals surface area contributed by atoms with Crippen LogP contribution in [0.25, 0.3) is 11.1 Å². The van der Waals surface area contributed by atoms with E-state index in [4.69, 9.17) is 4.42 Å². The zero-order valence-corrected chi connectivity index (χ0v) is 15.1. The van der Waals surface area contributed by atoms with Crippen LogP contribution in [0.3, 0.4) is 0 Å². The number of anilines is 1. The molecule has 130 valence electrons. The number of halogens is 4. The van der Waals surface area contributed by atoms with E-state index < -0.39 is 17.6 Å². The van der Waals surface area contributed by atoms with Gasteiger partial charge in [0, 0.05) is 15.6 Å². The number of nitrogens with zero attached hydrogens (tertiary/aromatic N) is 1. The van der Waals surface area contributed by atoms with Crippen LogP contribution in [0.15, 0.2) is 40.8 Å². The number of carbonyl (C=O) groups is 1. The van der Waals surface area contributed by atoms with Gasteiger partial charge in [-0.1, -0.05) is 6.92 Å². The van der Waals surface area contributed by atoms with E-state index in [9.17, 15) is 18.0 Å². The van der Waals surface area contributed by atoms with Crippen molar-refractivity contribution in [3.05, 3.63) is 57.0 Å². The maximum Gasteiger partial charge on any atom is 0.416 e. The fraction of sp³-hybridized carbons (Fsp3) is 0.176. The Morgan fingerprint density at radius 2 is 1.88 bits per heavy atom. The molecular weight excluding hydrogens is 448 g/mol. The molecule has 1 heterocycles. The van der Waals surface area contributed by atoms with Gasteiger partial charge < -0.3 is 9.73 Å². The van der Waals surface area contributed by atoms with E-state index in [1.54, 1.807) is 12.1 Å². The Balaban J connectivity index is 1.91. The molecule has 8 heteroatoms. The predicted octanol–water partition coefficient (Wildman–Crippen LogP) is 5.27. The van der Waals surface area contributed by atoms with E-state index in [1.165, 1.54) is 0 Å². The van der Waals surface area contributed by atoms with E-state index in [1.807, 2.05) is 6.92 Å². The van der Waals surface area contributed by atoms with Crippen molar-refractivity contribution in [1.29, 1.82) is 0 Å². The SMILES string of the molecule is CCc1nc2c(NC(=O)c3ccc(C(F)(F)F)cc3)c(I)ccc2o1. The van der Waals surface area contributed by atoms with Crippen molar-refractivity contribution in [3.63, 3.8) is 0 Å². The van der Waals surface area contributed by atoms with E-state index in [-0.39, 0.29) is 5.56 Å². The second-order valence-corrected chi connectivity index (χ2v) is 6.42. The van der Waals surface area contributed by atoms with Crippen molar-refractivity contribution < 1.29 is 22.4 Å². The van der Waals surface area contributed by atoms with Gasteiger partial charge in [-0.3, -0.25) is 4.79 Å². The summed E-state index contributed by atoms with van der Waals surface area (Å²) in [6.07, 6.45) is -3.83. The zero-order chi connectivity index (χ0) is 18.2. The number of fused-ring (bicyclic) bond motifs is 1. The van der Waals surface area contributed by atoms with Gasteiger partial charge in [0.1, 0.15) is 5.52 Å². The van der Waals surface area contributed by atoms with Crippen LogP contribution < -0.4 is 5.32 Å². The predicted molar refractivity (Wildman–Crippen MR) is 95.5 cm³/mol. The Hall–Kier alpha value is -2.10. The van der Waals surface area contributed by atoms with Crippen molar-refractivity contribution in [2.75, 3.05) is 5.32 Å². The molecule has 0 aliphatic carbocycles. The standard InChI is InChI=1S/C17H12F3IN2O2/c1-2-13-22-15-12(25-13)8-7-11(21)14(15)23-16(24)9-3-5-10(6-4-9)17(18,19)20/h3-8H,2H2,1H3,(H,23,24). The molecule has 0 radical (unpaired) electrons. The number of amides is 1. The molecule has 4 nitrogen and oxygen atoms in total. The molecule has 0 aliphatic heterocycles. The monoisotopic (exact) mass is 460 g/mol. The minimum absolute atomic E-state index is 0.125. The largest absolute Gasteiger partial charge is 0.441 e. The number of rotatable bonds is 3. The van der Waals surface area contributed by atoms with E-state index in [0.717, 1.165) is 27.8 Å². The van der Waals surface area contributed by atoms with Crippen LogP contribution >= 0.6 is 22.6 Å². The lowest BCUT2D eigenvalue weighted by atomic mass is 10.1. The van der Waals surface area contributed by atoms with Gasteiger partial charge in [0.25, 0.3) is 5.91 Å². The van der Waals surface area contributed by atoms with Gasteiger partial charge in [-0.2, -0.15) is 13.2 Å². The summed E-state index contributed by atoms with van der Waals surface area (Å²) in [5.74, 6) is 0.0298. The van der Waals surface area contributed by atoms with Gasteiger partial charge in [0.05, 0.1) is 11.3 Å². The van der Waals surface area contributed by atoms with Crippen LogP contribution in [0.2, 0.25) is 0 Å². The molecule has 0 unspecified atom stereocenters. The highest BCUT2D eigenvalue weighted by molar-refractivity contribution is 14.1. The maximum atomic E-state index is 12.6. The van der Waals surface area contributed by atoms with Crippen LogP contribution in [0.1, 0.15) is 28.7 Å². The molecule has 0 fully saturated rings. The number of aryl methyl sites for hydroxylation is 1. The fourth-order valence-corrected chi connectivity index (χ4v) is 2.85. The highest BCUT2D eigenvalue weighted by Crippen LogP contribution is 2.31. The summed E-state index contributed by atoms with van der Waals surface area (Å²) < 4.78 is 44.1. The van der Waals surface area contributed by atoms with Gasteiger partial charge in [-0.25, -0.2) is 4.98 Å². The number of hydrogen-bond donors (Lipinski definition) is 1. The summed E-state index contributed by atoms with van der Waals surface area (Å²) in [4.78, 5) is 16.7. The van der Waals surface area contributed by atoms with Crippen molar-refractivity contribution in [1.82, 2.24) is 4.98 Å². The number of hydrogen-bond acceptors (Lipinski definition) is 3. The summed E-state index contributed by atoms with van der Waals surface area (Å²) in [5.41, 5.74) is 0.861. The molecule has 2 aromatic carbocycles. The maximum absolute atomic E-state index is 12.6. The lowest BCUT2D eigenvalue weighted by Gasteiger charge is -2.09. The Bertz CT molecular complexity index is 933. The van der Waals surface area contributed by atoms with Crippen molar-refractivity contribution in [2.24, 2.45) is 0 Å². The quantitative estimate of drug-likeness (QED) is 0.543. The summed E-state index contributed by atoms with van der Waals surface area (Å²) in [5, 5.41) is 2.71. The summed E-state index contributed by atoms with van der Waals surface area (Å²) in [7, 11) is 0. The molecular formula is C17H12F3IN2O2. The number of benzene rings is 2. The molecule has 3 aromatic rings. The van der Waals surface area contributed by atoms with E-state index in [2.05, 4.69) is 32.9 Å². The highest BCUT2D eigenvalue weighted by Gasteiger charge is 2.30. The lowest BCUT2D eigenvalue weighted by Crippen LogP contribution is -2.14. The topological polar surface area (TPSA) is 55.1 Å². The van der Waals surface area contributed by atoms with E-state index in [0.29, 0.717) is 29.1 Å². The first-order valence-corrected chi connectivity index (χ1v) is 8.44. The van der Waals surface area contributed by atoms with Crippen molar-refractivity contribution in [3.8, 4) is 0 Å². The van der Waals surface area contributed by atoms with Crippen LogP contribution in [0.4, 0.5) is 18.9 Å². The Kier molecular flexibility index (Phi) is 4.72. The van der Waals surface area contributed by atoms with Gasteiger partial charge in [-0.05, 0) is 59.0 Å². The molecule has 1 amide bonds. The molecule has 0 saturated carbocycles. The number of carbonyl (C=O) groups excluding carboxylic acids is 1. The Morgan fingerprint density at radius 3 is 2.48 bits per heavy atom. The third-order valence-electron chi connectivity index (χ3n) is 3.57. The molecule has 25 heavy (non-hydrogen) atoms. The first kappa shape index (κ1) is 17.7. The second kappa shape index (κ2) is 6.66. The van der Waals surface area contributed by atoms with Crippen LogP contribution in [0.5, 0.6) is 0 Å². The molecule has 0 spiro atoms. The molecule has 0 saturated heterocycles. The third kappa shape index (κ3) is 3.63. The van der Waals surface area contributed by atoms with Crippen LogP contribution in [0, 0.1) is 3.57 Å². The van der Waals surface area contributed by atoms with Gasteiger partial charge >= 0.3 is 6.18 Å². The minimum atomic E-state index is -4.44. The first-order chi connectivity index (χ1) is 11.8. The first-order valence-electron chi connectivity index (χ1n) is 7.36. The zero-order valence-electron chi connectivity index (χ0n) is 12.9. The fourth-order valence-electron chi connectivity index (χ4n) is 2.28.